The lowest BCUT2D eigenvalue weighted by Gasteiger charge is -2.01. The van der Waals surface area contributed by atoms with Crippen LogP contribution in [-0.4, -0.2) is 14.7 Å². The molecule has 0 N–H and O–H groups in total. The van der Waals surface area contributed by atoms with Crippen molar-refractivity contribution in [1.29, 1.82) is 0 Å². The molecule has 1 rings (SSSR count). The monoisotopic (exact) mass is 260 g/mol. The van der Waals surface area contributed by atoms with Gasteiger partial charge in [-0.25, -0.2) is 8.42 Å². The van der Waals surface area contributed by atoms with Crippen molar-refractivity contribution in [2.45, 2.75) is 4.90 Å². The molecule has 0 aliphatic heterocycles. The topological polar surface area (TPSA) is 34.1 Å². The predicted molar refractivity (Wildman–Crippen MR) is 57.3 cm³/mol. The van der Waals surface area contributed by atoms with Crippen molar-refractivity contribution in [1.82, 2.24) is 0 Å². The highest BCUT2D eigenvalue weighted by Crippen LogP contribution is 2.21. The van der Waals surface area contributed by atoms with Crippen molar-refractivity contribution in [2.24, 2.45) is 0 Å². The third kappa shape index (κ3) is 2.42. The molecule has 0 bridgehead atoms. The average Bonchev–Trinajstić information content (AvgIpc) is 2.03. The molecule has 0 saturated carbocycles. The molecular formula is C9H9BrO2S. The first-order valence-electron chi connectivity index (χ1n) is 3.57. The summed E-state index contributed by atoms with van der Waals surface area (Å²) in [6, 6.07) is 4.85. The molecule has 0 saturated heterocycles. The Balaban J connectivity index is 3.38. The first-order valence-corrected chi connectivity index (χ1v) is 6.25. The summed E-state index contributed by atoms with van der Waals surface area (Å²) < 4.78 is 23.2. The van der Waals surface area contributed by atoms with Crippen LogP contribution < -0.4 is 0 Å². The molecule has 0 spiro atoms. The Labute approximate surface area is 86.3 Å². The van der Waals surface area contributed by atoms with E-state index in [1.165, 1.54) is 6.26 Å². The van der Waals surface area contributed by atoms with Gasteiger partial charge in [0.2, 0.25) is 0 Å². The minimum absolute atomic E-state index is 0.311. The van der Waals surface area contributed by atoms with Crippen LogP contribution in [0.2, 0.25) is 0 Å². The van der Waals surface area contributed by atoms with Crippen LogP contribution in [0.5, 0.6) is 0 Å². The van der Waals surface area contributed by atoms with E-state index in [-0.39, 0.29) is 0 Å². The fourth-order valence-electron chi connectivity index (χ4n) is 0.909. The molecule has 0 fully saturated rings. The van der Waals surface area contributed by atoms with Gasteiger partial charge >= 0.3 is 0 Å². The molecule has 0 heterocycles. The first-order chi connectivity index (χ1) is 5.95. The van der Waals surface area contributed by atoms with Crippen molar-refractivity contribution < 1.29 is 8.42 Å². The number of hydrogen-bond donors (Lipinski definition) is 0. The number of rotatable bonds is 2. The second-order valence-corrected chi connectivity index (χ2v) is 5.53. The summed E-state index contributed by atoms with van der Waals surface area (Å²) in [5.74, 6) is 0. The summed E-state index contributed by atoms with van der Waals surface area (Å²) >= 11 is 3.29. The van der Waals surface area contributed by atoms with E-state index in [9.17, 15) is 8.42 Å². The van der Waals surface area contributed by atoms with Crippen molar-refractivity contribution >= 4 is 31.8 Å². The Bertz CT molecular complexity index is 435. The van der Waals surface area contributed by atoms with Gasteiger partial charge in [-0.3, -0.25) is 0 Å². The van der Waals surface area contributed by atoms with E-state index in [2.05, 4.69) is 22.5 Å². The zero-order valence-electron chi connectivity index (χ0n) is 7.12. The van der Waals surface area contributed by atoms with Crippen molar-refractivity contribution in [3.8, 4) is 0 Å². The smallest absolute Gasteiger partial charge is 0.175 e. The lowest BCUT2D eigenvalue weighted by atomic mass is 10.2. The first kappa shape index (κ1) is 10.5. The minimum Gasteiger partial charge on any atom is -0.224 e. The van der Waals surface area contributed by atoms with Gasteiger partial charge in [0.05, 0.1) is 4.90 Å². The van der Waals surface area contributed by atoms with Gasteiger partial charge in [0.15, 0.2) is 9.84 Å². The van der Waals surface area contributed by atoms with Gasteiger partial charge < -0.3 is 0 Å². The molecule has 0 atom stereocenters. The maximum atomic E-state index is 11.2. The third-order valence-electron chi connectivity index (χ3n) is 1.62. The van der Waals surface area contributed by atoms with Crippen LogP contribution in [0.25, 0.3) is 6.08 Å². The molecule has 0 aliphatic rings. The summed E-state index contributed by atoms with van der Waals surface area (Å²) in [4.78, 5) is 0.311. The van der Waals surface area contributed by atoms with Gasteiger partial charge in [-0.1, -0.05) is 28.6 Å². The fraction of sp³-hybridized carbons (Fsp3) is 0.111. The summed E-state index contributed by atoms with van der Waals surface area (Å²) in [6.07, 6.45) is 2.79. The van der Waals surface area contributed by atoms with Gasteiger partial charge in [-0.2, -0.15) is 0 Å². The third-order valence-corrected chi connectivity index (χ3v) is 3.45. The van der Waals surface area contributed by atoms with E-state index >= 15 is 0 Å². The average molecular weight is 261 g/mol. The molecule has 0 radical (unpaired) electrons. The van der Waals surface area contributed by atoms with E-state index in [1.807, 2.05) is 0 Å². The zero-order chi connectivity index (χ0) is 10.1. The van der Waals surface area contributed by atoms with Crippen LogP contribution in [0, 0.1) is 0 Å². The molecular weight excluding hydrogens is 252 g/mol. The highest BCUT2D eigenvalue weighted by Gasteiger charge is 2.07. The molecule has 4 heteroatoms. The number of hydrogen-bond acceptors (Lipinski definition) is 2. The standard InChI is InChI=1S/C9H9BrO2S/c1-3-7-6-8(13(2,11)12)4-5-9(7)10/h3-6H,1H2,2H3. The largest absolute Gasteiger partial charge is 0.224 e. The molecule has 0 amide bonds. The van der Waals surface area contributed by atoms with Crippen LogP contribution in [0.3, 0.4) is 0 Å². The van der Waals surface area contributed by atoms with E-state index in [4.69, 9.17) is 0 Å². The zero-order valence-corrected chi connectivity index (χ0v) is 9.52. The SMILES string of the molecule is C=Cc1cc(S(C)(=O)=O)ccc1Br. The maximum Gasteiger partial charge on any atom is 0.175 e. The molecule has 2 nitrogen and oxygen atoms in total. The van der Waals surface area contributed by atoms with Gasteiger partial charge in [0, 0.05) is 10.7 Å². The fourth-order valence-corrected chi connectivity index (χ4v) is 1.97. The van der Waals surface area contributed by atoms with E-state index in [0.717, 1.165) is 10.0 Å². The Morgan fingerprint density at radius 2 is 2.08 bits per heavy atom. The van der Waals surface area contributed by atoms with Gasteiger partial charge in [-0.15, -0.1) is 0 Å². The Morgan fingerprint density at radius 3 is 2.54 bits per heavy atom. The maximum absolute atomic E-state index is 11.2. The summed E-state index contributed by atoms with van der Waals surface area (Å²) in [6.45, 7) is 3.59. The molecule has 0 aliphatic carbocycles. The van der Waals surface area contributed by atoms with E-state index in [1.54, 1.807) is 24.3 Å². The molecule has 1 aromatic carbocycles. The Kier molecular flexibility index (Phi) is 2.93. The highest BCUT2D eigenvalue weighted by molar-refractivity contribution is 9.10. The quantitative estimate of drug-likeness (QED) is 0.819. The van der Waals surface area contributed by atoms with Gasteiger partial charge in [0.1, 0.15) is 0 Å². The highest BCUT2D eigenvalue weighted by atomic mass is 79.9. The van der Waals surface area contributed by atoms with E-state index < -0.39 is 9.84 Å². The van der Waals surface area contributed by atoms with Gasteiger partial charge in [0.25, 0.3) is 0 Å². The van der Waals surface area contributed by atoms with Crippen LogP contribution >= 0.6 is 15.9 Å². The van der Waals surface area contributed by atoms with Crippen molar-refractivity contribution in [3.63, 3.8) is 0 Å². The number of halogens is 1. The number of benzene rings is 1. The minimum atomic E-state index is -3.12. The number of sulfone groups is 1. The summed E-state index contributed by atoms with van der Waals surface area (Å²) in [5.41, 5.74) is 0.780. The summed E-state index contributed by atoms with van der Waals surface area (Å²) in [7, 11) is -3.12. The van der Waals surface area contributed by atoms with E-state index in [0.29, 0.717) is 4.90 Å². The normalized spacial score (nSPS) is 11.2. The molecule has 1 aromatic rings. The lowest BCUT2D eigenvalue weighted by Crippen LogP contribution is -1.97. The predicted octanol–water partition coefficient (Wildman–Crippen LogP) is 2.50. The molecule has 70 valence electrons. The van der Waals surface area contributed by atoms with Gasteiger partial charge in [-0.05, 0) is 23.8 Å². The second kappa shape index (κ2) is 3.64. The summed E-state index contributed by atoms with van der Waals surface area (Å²) in [5, 5.41) is 0. The molecule has 13 heavy (non-hydrogen) atoms. The van der Waals surface area contributed by atoms with Crippen LogP contribution in [-0.2, 0) is 9.84 Å². The van der Waals surface area contributed by atoms with Crippen molar-refractivity contribution in [3.05, 3.63) is 34.8 Å². The second-order valence-electron chi connectivity index (χ2n) is 2.66. The Hall–Kier alpha value is -0.610. The molecule has 0 aromatic heterocycles. The Morgan fingerprint density at radius 1 is 1.46 bits per heavy atom. The van der Waals surface area contributed by atoms with Crippen molar-refractivity contribution in [2.75, 3.05) is 6.26 Å². The lowest BCUT2D eigenvalue weighted by molar-refractivity contribution is 0.602. The van der Waals surface area contributed by atoms with Crippen LogP contribution in [0.4, 0.5) is 0 Å². The van der Waals surface area contributed by atoms with Crippen LogP contribution in [0.1, 0.15) is 5.56 Å². The molecule has 0 unspecified atom stereocenters. The van der Waals surface area contributed by atoms with Crippen LogP contribution in [0.15, 0.2) is 34.1 Å².